The van der Waals surface area contributed by atoms with Crippen LogP contribution in [0.2, 0.25) is 0 Å². The fourth-order valence-electron chi connectivity index (χ4n) is 3.51. The maximum absolute atomic E-state index is 13.2. The number of rotatable bonds is 6. The molecule has 0 bridgehead atoms. The number of hydrogen-bond donors (Lipinski definition) is 0. The van der Waals surface area contributed by atoms with Gasteiger partial charge in [-0.25, -0.2) is 41.8 Å². The summed E-state index contributed by atoms with van der Waals surface area (Å²) in [5.74, 6) is -4.74. The van der Waals surface area contributed by atoms with Crippen molar-refractivity contribution >= 4 is 23.6 Å². The molecular weight excluding hydrogens is 624 g/mol. The van der Waals surface area contributed by atoms with Crippen LogP contribution in [0.4, 0.5) is 17.6 Å². The number of carbonyl (C=O) groups excluding carboxylic acids is 4. The minimum atomic E-state index is -0.794. The van der Waals surface area contributed by atoms with Gasteiger partial charge < -0.3 is 0 Å². The van der Waals surface area contributed by atoms with Crippen LogP contribution in [0.15, 0.2) is 84.9 Å². The molecule has 4 aromatic rings. The van der Waals surface area contributed by atoms with Gasteiger partial charge in [0.2, 0.25) is 23.6 Å². The molecule has 0 saturated heterocycles. The molecule has 6 nitrogen and oxygen atoms in total. The summed E-state index contributed by atoms with van der Waals surface area (Å²) in [7, 11) is 0. The van der Waals surface area contributed by atoms with Gasteiger partial charge in [-0.1, -0.05) is 12.8 Å². The molecule has 0 N–H and O–H groups in total. The molecule has 0 aliphatic carbocycles. The second-order valence-corrected chi connectivity index (χ2v) is 9.09. The number of nitrogens with zero attached hydrogens (tertiary/aromatic N) is 2. The summed E-state index contributed by atoms with van der Waals surface area (Å²) in [5, 5.41) is 0. The Kier molecular flexibility index (Phi) is 20.3. The van der Waals surface area contributed by atoms with E-state index < -0.39 is 46.9 Å². The predicted molar refractivity (Wildman–Crippen MR) is 158 cm³/mol. The fourth-order valence-corrected chi connectivity index (χ4v) is 3.51. The van der Waals surface area contributed by atoms with Crippen molar-refractivity contribution in [3.05, 3.63) is 131 Å². The van der Waals surface area contributed by atoms with E-state index in [1.807, 2.05) is 72.8 Å². The molecular formula is C34H34F4N2O4Ti. The van der Waals surface area contributed by atoms with Crippen LogP contribution in [0.1, 0.15) is 38.8 Å². The first-order valence-electron chi connectivity index (χ1n) is 13.5. The average Bonchev–Trinajstić information content (AvgIpc) is 3.71. The Morgan fingerprint density at radius 2 is 0.867 bits per heavy atom. The van der Waals surface area contributed by atoms with E-state index >= 15 is 0 Å². The van der Waals surface area contributed by atoms with E-state index in [-0.39, 0.29) is 58.8 Å². The van der Waals surface area contributed by atoms with Crippen LogP contribution in [0.25, 0.3) is 0 Å². The van der Waals surface area contributed by atoms with Crippen molar-refractivity contribution in [3.63, 3.8) is 0 Å². The monoisotopic (exact) mass is 658 g/mol. The molecule has 0 heterocycles. The van der Waals surface area contributed by atoms with E-state index in [9.17, 15) is 36.7 Å². The van der Waals surface area contributed by atoms with Crippen LogP contribution in [-0.4, -0.2) is 46.5 Å². The van der Waals surface area contributed by atoms with E-state index in [1.54, 1.807) is 0 Å². The van der Waals surface area contributed by atoms with Gasteiger partial charge in [-0.3, -0.25) is 29.0 Å². The SMILES string of the molecule is CC(=O)N(CCc1ccc(F)[c-]c1F)C(C)=O.CC(=O)N(CCc1ccc(F)[c-]c1F)C(C)=O.[Ti+4].c1cc[cH-]c1.c1cc[cH-]c1. The molecule has 4 aromatic carbocycles. The van der Waals surface area contributed by atoms with Gasteiger partial charge in [-0.2, -0.15) is 48.5 Å². The third-order valence-corrected chi connectivity index (χ3v) is 5.72. The molecule has 11 heteroatoms. The molecule has 4 amide bonds. The zero-order chi connectivity index (χ0) is 33.1. The first kappa shape index (κ1) is 40.9. The Bertz CT molecular complexity index is 1270. The smallest absolute Gasteiger partial charge is 0.284 e. The van der Waals surface area contributed by atoms with E-state index in [0.717, 1.165) is 21.9 Å². The minimum absolute atomic E-state index is 0. The largest absolute Gasteiger partial charge is 4.00 e. The van der Waals surface area contributed by atoms with Gasteiger partial charge in [-0.05, 0) is 0 Å². The number of halogens is 4. The van der Waals surface area contributed by atoms with Crippen LogP contribution < -0.4 is 0 Å². The van der Waals surface area contributed by atoms with Crippen LogP contribution in [0, 0.1) is 35.4 Å². The van der Waals surface area contributed by atoms with E-state index in [2.05, 4.69) is 0 Å². The van der Waals surface area contributed by atoms with Gasteiger partial charge >= 0.3 is 21.7 Å². The summed E-state index contributed by atoms with van der Waals surface area (Å²) in [6.45, 7) is 5.17. The molecule has 0 unspecified atom stereocenters. The molecule has 0 aliphatic rings. The van der Waals surface area contributed by atoms with Crippen LogP contribution in [-0.2, 0) is 53.7 Å². The summed E-state index contributed by atoms with van der Waals surface area (Å²) in [4.78, 5) is 46.4. The Labute approximate surface area is 276 Å². The van der Waals surface area contributed by atoms with E-state index in [0.29, 0.717) is 0 Å². The van der Waals surface area contributed by atoms with Gasteiger partial charge in [0.05, 0.1) is 0 Å². The molecule has 4 rings (SSSR count). The number of imide groups is 2. The van der Waals surface area contributed by atoms with Crippen molar-refractivity contribution < 1.29 is 58.5 Å². The topological polar surface area (TPSA) is 74.8 Å². The zero-order valence-electron chi connectivity index (χ0n) is 25.5. The van der Waals surface area contributed by atoms with Gasteiger partial charge in [0, 0.05) is 64.1 Å². The molecule has 236 valence electrons. The van der Waals surface area contributed by atoms with Gasteiger partial charge in [0.15, 0.2) is 0 Å². The summed E-state index contributed by atoms with van der Waals surface area (Å²) < 4.78 is 51.6. The molecule has 0 aliphatic heterocycles. The first-order chi connectivity index (χ1) is 20.8. The quantitative estimate of drug-likeness (QED) is 0.140. The Morgan fingerprint density at radius 3 is 1.07 bits per heavy atom. The fraction of sp³-hybridized carbons (Fsp3) is 0.235. The molecule has 0 aromatic heterocycles. The maximum Gasteiger partial charge on any atom is 4.00 e. The maximum atomic E-state index is 13.2. The number of benzene rings is 2. The summed E-state index contributed by atoms with van der Waals surface area (Å²) in [6.07, 6.45) is 0.281. The summed E-state index contributed by atoms with van der Waals surface area (Å²) in [6, 6.07) is 28.5. The van der Waals surface area contributed by atoms with Crippen molar-refractivity contribution in [1.82, 2.24) is 9.80 Å². The van der Waals surface area contributed by atoms with Crippen LogP contribution in [0.5, 0.6) is 0 Å². The molecule has 0 saturated carbocycles. The minimum Gasteiger partial charge on any atom is -0.284 e. The summed E-state index contributed by atoms with van der Waals surface area (Å²) in [5.41, 5.74) is 0.442. The summed E-state index contributed by atoms with van der Waals surface area (Å²) >= 11 is 0. The number of hydrogen-bond acceptors (Lipinski definition) is 4. The second-order valence-electron chi connectivity index (χ2n) is 9.09. The normalized spacial score (nSPS) is 9.42. The average molecular weight is 659 g/mol. The Hall–Kier alpha value is -4.15. The zero-order valence-corrected chi connectivity index (χ0v) is 27.0. The van der Waals surface area contributed by atoms with Gasteiger partial charge in [-0.15, -0.1) is 35.4 Å². The molecule has 0 atom stereocenters. The molecule has 0 fully saturated rings. The van der Waals surface area contributed by atoms with Crippen molar-refractivity contribution in [1.29, 1.82) is 0 Å². The Morgan fingerprint density at radius 1 is 0.578 bits per heavy atom. The number of amides is 4. The van der Waals surface area contributed by atoms with E-state index in [1.165, 1.54) is 39.8 Å². The van der Waals surface area contributed by atoms with Crippen molar-refractivity contribution in [3.8, 4) is 0 Å². The Balaban J connectivity index is 0.000000644. The number of carbonyl (C=O) groups is 4. The van der Waals surface area contributed by atoms with Crippen molar-refractivity contribution in [2.75, 3.05) is 13.1 Å². The molecule has 45 heavy (non-hydrogen) atoms. The van der Waals surface area contributed by atoms with Crippen molar-refractivity contribution in [2.45, 2.75) is 40.5 Å². The van der Waals surface area contributed by atoms with Gasteiger partial charge in [0.1, 0.15) is 0 Å². The van der Waals surface area contributed by atoms with Crippen LogP contribution >= 0.6 is 0 Å². The molecule has 0 radical (unpaired) electrons. The van der Waals surface area contributed by atoms with E-state index in [4.69, 9.17) is 0 Å². The van der Waals surface area contributed by atoms with Crippen LogP contribution in [0.3, 0.4) is 0 Å². The standard InChI is InChI=1S/2C12H12F2NO2.2C5H5.Ti/c2*1-8(16)15(9(2)17)6-5-10-3-4-11(13)7-12(10)14;2*1-2-4-5-3-1;/h2*3-4H,5-6H2,1-2H3;2*1-5H;/q4*-1;+4. The van der Waals surface area contributed by atoms with Gasteiger partial charge in [0.25, 0.3) is 0 Å². The third-order valence-electron chi connectivity index (χ3n) is 5.72. The predicted octanol–water partition coefficient (Wildman–Crippen LogP) is 6.21. The van der Waals surface area contributed by atoms with Crippen molar-refractivity contribution in [2.24, 2.45) is 0 Å². The molecule has 0 spiro atoms. The second kappa shape index (κ2) is 22.4. The third kappa shape index (κ3) is 17.1. The first-order valence-corrected chi connectivity index (χ1v) is 13.5.